The lowest BCUT2D eigenvalue weighted by atomic mass is 10.2. The zero-order valence-corrected chi connectivity index (χ0v) is 12.1. The molecule has 0 atom stereocenters. The first-order valence-corrected chi connectivity index (χ1v) is 7.98. The van der Waals surface area contributed by atoms with E-state index in [1.54, 1.807) is 6.92 Å². The molecule has 0 radical (unpaired) electrons. The van der Waals surface area contributed by atoms with Crippen LogP contribution in [0.5, 0.6) is 0 Å². The number of hydrogen-bond donors (Lipinski definition) is 1. The van der Waals surface area contributed by atoms with Crippen LogP contribution in [0.3, 0.4) is 0 Å². The summed E-state index contributed by atoms with van der Waals surface area (Å²) in [5.74, 6) is -0.747. The van der Waals surface area contributed by atoms with Crippen LogP contribution >= 0.6 is 11.6 Å². The van der Waals surface area contributed by atoms with Gasteiger partial charge in [0.05, 0.1) is 22.1 Å². The number of esters is 1. The van der Waals surface area contributed by atoms with Gasteiger partial charge in [-0.15, -0.1) is 0 Å². The van der Waals surface area contributed by atoms with Gasteiger partial charge in [0.25, 0.3) is 0 Å². The van der Waals surface area contributed by atoms with Gasteiger partial charge in [0.1, 0.15) is 6.61 Å². The molecule has 5 nitrogen and oxygen atoms in total. The molecule has 0 spiro atoms. The lowest BCUT2D eigenvalue weighted by Gasteiger charge is -2.07. The van der Waals surface area contributed by atoms with Crippen molar-refractivity contribution in [1.82, 2.24) is 0 Å². The van der Waals surface area contributed by atoms with Crippen molar-refractivity contribution in [2.24, 2.45) is 0 Å². The number of ether oxygens (including phenoxy) is 1. The summed E-state index contributed by atoms with van der Waals surface area (Å²) in [5.41, 5.74) is 6.11. The van der Waals surface area contributed by atoms with Crippen molar-refractivity contribution < 1.29 is 17.9 Å². The Morgan fingerprint density at radius 2 is 2.05 bits per heavy atom. The topological polar surface area (TPSA) is 86.5 Å². The lowest BCUT2D eigenvalue weighted by Crippen LogP contribution is -2.18. The van der Waals surface area contributed by atoms with Gasteiger partial charge in [0, 0.05) is 5.69 Å². The fourth-order valence-electron chi connectivity index (χ4n) is 1.45. The molecule has 0 aliphatic heterocycles. The number of hydrogen-bond acceptors (Lipinski definition) is 5. The molecule has 0 fully saturated rings. The van der Waals surface area contributed by atoms with E-state index >= 15 is 0 Å². The van der Waals surface area contributed by atoms with E-state index in [0.717, 1.165) is 0 Å². The maximum absolute atomic E-state index is 11.7. The summed E-state index contributed by atoms with van der Waals surface area (Å²) >= 11 is 5.84. The molecular weight excluding hydrogens is 290 g/mol. The Morgan fingerprint density at radius 3 is 2.63 bits per heavy atom. The van der Waals surface area contributed by atoms with Gasteiger partial charge in [0.2, 0.25) is 0 Å². The molecule has 106 valence electrons. The molecule has 0 aliphatic carbocycles. The van der Waals surface area contributed by atoms with Crippen LogP contribution in [0, 0.1) is 0 Å². The highest BCUT2D eigenvalue weighted by molar-refractivity contribution is 7.91. The summed E-state index contributed by atoms with van der Waals surface area (Å²) in [5, 5.41) is 0.182. The van der Waals surface area contributed by atoms with Crippen LogP contribution in [0.4, 0.5) is 5.69 Å². The van der Waals surface area contributed by atoms with Gasteiger partial charge in [-0.2, -0.15) is 0 Å². The Bertz CT molecular complexity index is 557. The van der Waals surface area contributed by atoms with Crippen molar-refractivity contribution in [3.8, 4) is 0 Å². The summed E-state index contributed by atoms with van der Waals surface area (Å²) in [4.78, 5) is 11.7. The molecule has 1 aromatic carbocycles. The largest absolute Gasteiger partial charge is 0.461 e. The predicted octanol–water partition coefficient (Wildman–Crippen LogP) is 1.90. The number of benzene rings is 1. The number of carbonyl (C=O) groups is 1. The van der Waals surface area contributed by atoms with E-state index in [-0.39, 0.29) is 28.7 Å². The summed E-state index contributed by atoms with van der Waals surface area (Å²) in [6, 6.07) is 4.41. The molecular formula is C12H16ClNO4S. The maximum Gasteiger partial charge on any atom is 0.339 e. The third kappa shape index (κ3) is 5.08. The zero-order chi connectivity index (χ0) is 14.5. The number of halogens is 1. The quantitative estimate of drug-likeness (QED) is 0.641. The summed E-state index contributed by atoms with van der Waals surface area (Å²) < 4.78 is 27.7. The van der Waals surface area contributed by atoms with Crippen molar-refractivity contribution in [3.05, 3.63) is 28.8 Å². The molecule has 0 heterocycles. The van der Waals surface area contributed by atoms with Gasteiger partial charge >= 0.3 is 5.97 Å². The van der Waals surface area contributed by atoms with Crippen molar-refractivity contribution in [2.75, 3.05) is 23.8 Å². The first-order chi connectivity index (χ1) is 8.85. The highest BCUT2D eigenvalue weighted by atomic mass is 35.5. The van der Waals surface area contributed by atoms with Gasteiger partial charge in [-0.1, -0.05) is 18.5 Å². The van der Waals surface area contributed by atoms with E-state index in [1.165, 1.54) is 18.2 Å². The summed E-state index contributed by atoms with van der Waals surface area (Å²) in [7, 11) is -3.16. The van der Waals surface area contributed by atoms with Crippen LogP contribution in [0.2, 0.25) is 5.02 Å². The Balaban J connectivity index is 2.57. The molecule has 0 amide bonds. The number of nitrogen functional groups attached to an aromatic ring is 1. The minimum Gasteiger partial charge on any atom is -0.461 e. The van der Waals surface area contributed by atoms with Crippen LogP contribution < -0.4 is 5.73 Å². The van der Waals surface area contributed by atoms with Crippen LogP contribution in [-0.4, -0.2) is 32.5 Å². The zero-order valence-electron chi connectivity index (χ0n) is 10.6. The maximum atomic E-state index is 11.7. The second kappa shape index (κ2) is 6.77. The monoisotopic (exact) mass is 305 g/mol. The molecule has 2 N–H and O–H groups in total. The fraction of sp³-hybridized carbons (Fsp3) is 0.417. The van der Waals surface area contributed by atoms with Crippen LogP contribution in [0.1, 0.15) is 23.7 Å². The second-order valence-electron chi connectivity index (χ2n) is 4.03. The first kappa shape index (κ1) is 15.8. The van der Waals surface area contributed by atoms with Crippen molar-refractivity contribution >= 4 is 33.1 Å². The predicted molar refractivity (Wildman–Crippen MR) is 75.1 cm³/mol. The van der Waals surface area contributed by atoms with E-state index in [0.29, 0.717) is 12.1 Å². The Hall–Kier alpha value is -1.27. The normalized spacial score (nSPS) is 11.3. The number of nitrogens with two attached hydrogens (primary N) is 1. The van der Waals surface area contributed by atoms with Gasteiger partial charge < -0.3 is 10.5 Å². The molecule has 1 aromatic rings. The third-order valence-electron chi connectivity index (χ3n) is 2.36. The molecule has 0 saturated carbocycles. The van der Waals surface area contributed by atoms with Crippen molar-refractivity contribution in [3.63, 3.8) is 0 Å². The van der Waals surface area contributed by atoms with E-state index in [9.17, 15) is 13.2 Å². The highest BCUT2D eigenvalue weighted by Crippen LogP contribution is 2.19. The van der Waals surface area contributed by atoms with Gasteiger partial charge in [-0.25, -0.2) is 13.2 Å². The van der Waals surface area contributed by atoms with Crippen LogP contribution in [0.25, 0.3) is 0 Å². The fourth-order valence-corrected chi connectivity index (χ4v) is 2.88. The van der Waals surface area contributed by atoms with E-state index in [2.05, 4.69) is 0 Å². The standard InChI is InChI=1S/C12H16ClNO4S/c1-2-6-19(16,17)7-5-18-12(15)10-4-3-9(14)8-11(10)13/h3-4,8H,2,5-7,14H2,1H3. The summed E-state index contributed by atoms with van der Waals surface area (Å²) in [6.45, 7) is 1.60. The highest BCUT2D eigenvalue weighted by Gasteiger charge is 2.14. The summed E-state index contributed by atoms with van der Waals surface area (Å²) in [6.07, 6.45) is 0.542. The second-order valence-corrected chi connectivity index (χ2v) is 6.74. The van der Waals surface area contributed by atoms with E-state index in [4.69, 9.17) is 22.1 Å². The molecule has 0 aromatic heterocycles. The Morgan fingerprint density at radius 1 is 1.37 bits per heavy atom. The molecule has 0 aliphatic rings. The number of rotatable bonds is 6. The number of carbonyl (C=O) groups excluding carboxylic acids is 1. The number of anilines is 1. The van der Waals surface area contributed by atoms with Gasteiger partial charge in [0.15, 0.2) is 9.84 Å². The SMILES string of the molecule is CCCS(=O)(=O)CCOC(=O)c1ccc(N)cc1Cl. The first-order valence-electron chi connectivity index (χ1n) is 5.78. The Labute approximate surface area is 117 Å². The number of sulfone groups is 1. The third-order valence-corrected chi connectivity index (χ3v) is 4.49. The van der Waals surface area contributed by atoms with Crippen LogP contribution in [-0.2, 0) is 14.6 Å². The Kier molecular flexibility index (Phi) is 5.62. The van der Waals surface area contributed by atoms with Crippen molar-refractivity contribution in [1.29, 1.82) is 0 Å². The molecule has 0 unspecified atom stereocenters. The molecule has 7 heteroatoms. The molecule has 19 heavy (non-hydrogen) atoms. The minimum atomic E-state index is -3.16. The van der Waals surface area contributed by atoms with Crippen LogP contribution in [0.15, 0.2) is 18.2 Å². The molecule has 0 bridgehead atoms. The van der Waals surface area contributed by atoms with E-state index < -0.39 is 15.8 Å². The smallest absolute Gasteiger partial charge is 0.339 e. The average molecular weight is 306 g/mol. The average Bonchev–Trinajstić information content (AvgIpc) is 2.28. The molecule has 0 saturated heterocycles. The molecule has 1 rings (SSSR count). The van der Waals surface area contributed by atoms with Gasteiger partial charge in [-0.05, 0) is 24.6 Å². The van der Waals surface area contributed by atoms with E-state index in [1.807, 2.05) is 0 Å². The van der Waals surface area contributed by atoms with Gasteiger partial charge in [-0.3, -0.25) is 0 Å². The lowest BCUT2D eigenvalue weighted by molar-refractivity contribution is 0.0529. The van der Waals surface area contributed by atoms with Crippen molar-refractivity contribution in [2.45, 2.75) is 13.3 Å². The minimum absolute atomic E-state index is 0.0905.